The maximum Gasteiger partial charge on any atom is 0.165 e. The molecule has 112 valence electrons. The summed E-state index contributed by atoms with van der Waals surface area (Å²) in [6.07, 6.45) is 0.570. The van der Waals surface area contributed by atoms with Gasteiger partial charge >= 0.3 is 0 Å². The Morgan fingerprint density at radius 1 is 1.19 bits per heavy atom. The highest BCUT2D eigenvalue weighted by atomic mass is 79.9. The molecule has 3 nitrogen and oxygen atoms in total. The lowest BCUT2D eigenvalue weighted by atomic mass is 9.99. The first-order chi connectivity index (χ1) is 10.0. The van der Waals surface area contributed by atoms with Gasteiger partial charge in [0, 0.05) is 8.95 Å². The quantitative estimate of drug-likeness (QED) is 0.568. The molecule has 0 aliphatic rings. The molecule has 0 spiro atoms. The third-order valence-corrected chi connectivity index (χ3v) is 4.06. The van der Waals surface area contributed by atoms with Crippen LogP contribution in [0.25, 0.3) is 0 Å². The van der Waals surface area contributed by atoms with Crippen LogP contribution >= 0.6 is 31.9 Å². The van der Waals surface area contributed by atoms with Crippen LogP contribution in [0, 0.1) is 5.82 Å². The summed E-state index contributed by atoms with van der Waals surface area (Å²) in [4.78, 5) is 0. The molecule has 1 atom stereocenters. The van der Waals surface area contributed by atoms with E-state index in [0.717, 1.165) is 20.1 Å². The second kappa shape index (κ2) is 7.35. The van der Waals surface area contributed by atoms with E-state index in [1.165, 1.54) is 13.2 Å². The molecule has 2 rings (SSSR count). The van der Waals surface area contributed by atoms with Gasteiger partial charge in [-0.1, -0.05) is 37.9 Å². The third kappa shape index (κ3) is 4.26. The van der Waals surface area contributed by atoms with Crippen LogP contribution in [0.1, 0.15) is 17.2 Å². The smallest absolute Gasteiger partial charge is 0.165 e. The SMILES string of the molecule is COc1ccc(CC(NN)c2cc(Br)cc(Br)c2)cc1F. The first-order valence-electron chi connectivity index (χ1n) is 6.28. The number of nitrogens with one attached hydrogen (secondary N) is 1. The number of hydrazine groups is 1. The van der Waals surface area contributed by atoms with Crippen molar-refractivity contribution in [3.63, 3.8) is 0 Å². The van der Waals surface area contributed by atoms with Crippen molar-refractivity contribution in [1.82, 2.24) is 5.43 Å². The minimum Gasteiger partial charge on any atom is -0.494 e. The molecule has 0 bridgehead atoms. The van der Waals surface area contributed by atoms with Crippen molar-refractivity contribution in [3.8, 4) is 5.75 Å². The second-order valence-electron chi connectivity index (χ2n) is 4.60. The van der Waals surface area contributed by atoms with E-state index in [-0.39, 0.29) is 17.6 Å². The minimum absolute atomic E-state index is 0.119. The molecule has 2 aromatic carbocycles. The second-order valence-corrected chi connectivity index (χ2v) is 6.43. The number of benzene rings is 2. The molecule has 6 heteroatoms. The number of hydrogen-bond acceptors (Lipinski definition) is 3. The summed E-state index contributed by atoms with van der Waals surface area (Å²) in [5, 5.41) is 0. The number of rotatable bonds is 5. The van der Waals surface area contributed by atoms with E-state index in [9.17, 15) is 4.39 Å². The molecule has 0 saturated carbocycles. The third-order valence-electron chi connectivity index (χ3n) is 3.14. The van der Waals surface area contributed by atoms with Gasteiger partial charge in [0.1, 0.15) is 0 Å². The first kappa shape index (κ1) is 16.4. The van der Waals surface area contributed by atoms with E-state index in [4.69, 9.17) is 10.6 Å². The maximum absolute atomic E-state index is 13.7. The highest BCUT2D eigenvalue weighted by Crippen LogP contribution is 2.27. The Hall–Kier alpha value is -0.950. The van der Waals surface area contributed by atoms with E-state index in [0.29, 0.717) is 6.42 Å². The summed E-state index contributed by atoms with van der Waals surface area (Å²) < 4.78 is 20.6. The van der Waals surface area contributed by atoms with E-state index >= 15 is 0 Å². The van der Waals surface area contributed by atoms with Gasteiger partial charge in [0.05, 0.1) is 13.2 Å². The Morgan fingerprint density at radius 2 is 1.86 bits per heavy atom. The molecular formula is C15H15Br2FN2O. The number of halogens is 3. The van der Waals surface area contributed by atoms with E-state index < -0.39 is 0 Å². The van der Waals surface area contributed by atoms with Crippen LogP contribution in [0.3, 0.4) is 0 Å². The molecular weight excluding hydrogens is 403 g/mol. The zero-order chi connectivity index (χ0) is 15.4. The fourth-order valence-electron chi connectivity index (χ4n) is 2.12. The summed E-state index contributed by atoms with van der Waals surface area (Å²) in [5.74, 6) is 5.51. The average Bonchev–Trinajstić information content (AvgIpc) is 2.43. The lowest BCUT2D eigenvalue weighted by Gasteiger charge is -2.17. The molecule has 0 aliphatic heterocycles. The van der Waals surface area contributed by atoms with Gasteiger partial charge in [0.2, 0.25) is 0 Å². The zero-order valence-corrected chi connectivity index (χ0v) is 14.5. The molecule has 0 saturated heterocycles. The van der Waals surface area contributed by atoms with Crippen molar-refractivity contribution in [1.29, 1.82) is 0 Å². The summed E-state index contributed by atoms with van der Waals surface area (Å²) >= 11 is 6.90. The van der Waals surface area contributed by atoms with Crippen LogP contribution in [-0.2, 0) is 6.42 Å². The first-order valence-corrected chi connectivity index (χ1v) is 7.86. The summed E-state index contributed by atoms with van der Waals surface area (Å²) in [7, 11) is 1.45. The zero-order valence-electron chi connectivity index (χ0n) is 11.4. The predicted octanol–water partition coefficient (Wildman–Crippen LogP) is 4.11. The van der Waals surface area contributed by atoms with Crippen molar-refractivity contribution in [2.45, 2.75) is 12.5 Å². The lowest BCUT2D eigenvalue weighted by molar-refractivity contribution is 0.386. The lowest BCUT2D eigenvalue weighted by Crippen LogP contribution is -2.29. The number of nitrogens with two attached hydrogens (primary N) is 1. The molecule has 0 heterocycles. The Bertz CT molecular complexity index is 617. The minimum atomic E-state index is -0.374. The Balaban J connectivity index is 2.24. The molecule has 0 amide bonds. The summed E-state index contributed by atoms with van der Waals surface area (Å²) in [5.41, 5.74) is 4.62. The highest BCUT2D eigenvalue weighted by molar-refractivity contribution is 9.11. The Kier molecular flexibility index (Phi) is 5.75. The molecule has 0 radical (unpaired) electrons. The molecule has 1 unspecified atom stereocenters. The van der Waals surface area contributed by atoms with Gasteiger partial charge in [-0.25, -0.2) is 4.39 Å². The van der Waals surface area contributed by atoms with Crippen LogP contribution in [0.5, 0.6) is 5.75 Å². The van der Waals surface area contributed by atoms with E-state index in [2.05, 4.69) is 37.3 Å². The molecule has 3 N–H and O–H groups in total. The average molecular weight is 418 g/mol. The maximum atomic E-state index is 13.7. The van der Waals surface area contributed by atoms with Gasteiger partial charge in [-0.2, -0.15) is 0 Å². The van der Waals surface area contributed by atoms with Crippen LogP contribution in [0.2, 0.25) is 0 Å². The van der Waals surface area contributed by atoms with E-state index in [1.807, 2.05) is 24.3 Å². The van der Waals surface area contributed by atoms with Gasteiger partial charge in [-0.15, -0.1) is 0 Å². The summed E-state index contributed by atoms with van der Waals surface area (Å²) in [6, 6.07) is 10.7. The van der Waals surface area contributed by atoms with Crippen LogP contribution < -0.4 is 16.0 Å². The molecule has 0 aliphatic carbocycles. The molecule has 21 heavy (non-hydrogen) atoms. The molecule has 0 aromatic heterocycles. The van der Waals surface area contributed by atoms with Gasteiger partial charge < -0.3 is 4.74 Å². The summed E-state index contributed by atoms with van der Waals surface area (Å²) in [6.45, 7) is 0. The van der Waals surface area contributed by atoms with Gasteiger partial charge in [-0.05, 0) is 47.9 Å². The Morgan fingerprint density at radius 3 is 2.38 bits per heavy atom. The van der Waals surface area contributed by atoms with Crippen LogP contribution in [-0.4, -0.2) is 7.11 Å². The normalized spacial score (nSPS) is 12.2. The number of methoxy groups -OCH3 is 1. The largest absolute Gasteiger partial charge is 0.494 e. The van der Waals surface area contributed by atoms with Crippen molar-refractivity contribution < 1.29 is 9.13 Å². The van der Waals surface area contributed by atoms with Crippen molar-refractivity contribution in [3.05, 3.63) is 62.3 Å². The van der Waals surface area contributed by atoms with E-state index in [1.54, 1.807) is 6.07 Å². The van der Waals surface area contributed by atoms with Crippen molar-refractivity contribution in [2.24, 2.45) is 5.84 Å². The van der Waals surface area contributed by atoms with Crippen molar-refractivity contribution >= 4 is 31.9 Å². The van der Waals surface area contributed by atoms with Gasteiger partial charge in [0.25, 0.3) is 0 Å². The fraction of sp³-hybridized carbons (Fsp3) is 0.200. The predicted molar refractivity (Wildman–Crippen MR) is 88.6 cm³/mol. The van der Waals surface area contributed by atoms with Gasteiger partial charge in [-0.3, -0.25) is 11.3 Å². The topological polar surface area (TPSA) is 47.3 Å². The Labute approximate surface area is 139 Å². The molecule has 2 aromatic rings. The molecule has 0 fully saturated rings. The number of ether oxygens (including phenoxy) is 1. The highest BCUT2D eigenvalue weighted by Gasteiger charge is 2.13. The fourth-order valence-corrected chi connectivity index (χ4v) is 3.45. The van der Waals surface area contributed by atoms with Crippen molar-refractivity contribution in [2.75, 3.05) is 7.11 Å². The van der Waals surface area contributed by atoms with Crippen LogP contribution in [0.15, 0.2) is 45.3 Å². The monoisotopic (exact) mass is 416 g/mol. The van der Waals surface area contributed by atoms with Gasteiger partial charge in [0.15, 0.2) is 11.6 Å². The van der Waals surface area contributed by atoms with Crippen LogP contribution in [0.4, 0.5) is 4.39 Å². The standard InChI is InChI=1S/C15H15Br2FN2O/c1-21-15-3-2-9(4-13(15)18)5-14(20-19)10-6-11(16)8-12(17)7-10/h2-4,6-8,14,20H,5,19H2,1H3. The number of hydrogen-bond donors (Lipinski definition) is 2.